The monoisotopic (exact) mass is 488 g/mol. The molecule has 2 aromatic carbocycles. The summed E-state index contributed by atoms with van der Waals surface area (Å²) in [6, 6.07) is 8.46. The van der Waals surface area contributed by atoms with Gasteiger partial charge in [-0.1, -0.05) is 11.8 Å². The lowest BCUT2D eigenvalue weighted by molar-refractivity contribution is -0.135. The van der Waals surface area contributed by atoms with E-state index in [0.717, 1.165) is 6.92 Å². The predicted molar refractivity (Wildman–Crippen MR) is 119 cm³/mol. The number of hydroxylamine groups is 1. The Labute approximate surface area is 198 Å². The number of carboxylic acid groups (broad SMARTS) is 1. The molecule has 0 heterocycles. The molecule has 0 aromatic heterocycles. The van der Waals surface area contributed by atoms with Crippen molar-refractivity contribution < 1.29 is 38.3 Å². The number of nitrogens with one attached hydrogen (secondary N) is 4. The molecule has 0 bridgehead atoms. The van der Waals surface area contributed by atoms with Gasteiger partial charge >= 0.3 is 12.0 Å². The molecule has 12 heteroatoms. The summed E-state index contributed by atoms with van der Waals surface area (Å²) >= 11 is 0. The zero-order valence-corrected chi connectivity index (χ0v) is 18.6. The number of rotatable bonds is 7. The summed E-state index contributed by atoms with van der Waals surface area (Å²) in [6.45, 7) is 0.842. The Morgan fingerprint density at radius 3 is 1.80 bits per heavy atom. The van der Waals surface area contributed by atoms with Gasteiger partial charge in [0.25, 0.3) is 18.2 Å². The third-order valence-corrected chi connectivity index (χ3v) is 4.94. The number of aromatic carboxylic acids is 1. The van der Waals surface area contributed by atoms with Crippen molar-refractivity contribution in [3.63, 3.8) is 0 Å². The molecule has 184 valence electrons. The molecule has 0 saturated carbocycles. The number of hydrogen-bond acceptors (Lipinski definition) is 5. The van der Waals surface area contributed by atoms with Gasteiger partial charge in [-0.3, -0.25) is 14.8 Å². The summed E-state index contributed by atoms with van der Waals surface area (Å²) in [6.07, 6.45) is -3.30. The van der Waals surface area contributed by atoms with Gasteiger partial charge in [-0.2, -0.15) is 0 Å². The molecule has 0 saturated heterocycles. The average Bonchev–Trinajstić information content (AvgIpc) is 2.85. The first-order chi connectivity index (χ1) is 16.5. The second-order valence-corrected chi connectivity index (χ2v) is 7.38. The maximum Gasteiger partial charge on any atom is 0.335 e. The van der Waals surface area contributed by atoms with Crippen LogP contribution in [-0.2, 0) is 4.79 Å². The average molecular weight is 488 g/mol. The Morgan fingerprint density at radius 2 is 1.40 bits per heavy atom. The van der Waals surface area contributed by atoms with Crippen LogP contribution in [0.4, 0.5) is 13.6 Å². The molecule has 0 radical (unpaired) electrons. The maximum atomic E-state index is 13.8. The summed E-state index contributed by atoms with van der Waals surface area (Å²) in [5.74, 6) is 2.31. The van der Waals surface area contributed by atoms with Crippen LogP contribution in [0.25, 0.3) is 0 Å². The van der Waals surface area contributed by atoms with Gasteiger partial charge in [0.15, 0.2) is 0 Å². The Balaban J connectivity index is 2.22. The molecule has 10 nitrogen and oxygen atoms in total. The zero-order chi connectivity index (χ0) is 26.2. The third-order valence-electron chi connectivity index (χ3n) is 4.94. The van der Waals surface area contributed by atoms with Gasteiger partial charge < -0.3 is 21.1 Å². The van der Waals surface area contributed by atoms with Gasteiger partial charge in [0, 0.05) is 23.7 Å². The highest BCUT2D eigenvalue weighted by molar-refractivity contribution is 5.98. The van der Waals surface area contributed by atoms with Crippen molar-refractivity contribution in [1.82, 2.24) is 21.4 Å². The predicted octanol–water partition coefficient (Wildman–Crippen LogP) is 1.34. The molecule has 0 spiro atoms. The van der Waals surface area contributed by atoms with Crippen LogP contribution >= 0.6 is 0 Å². The molecule has 0 aliphatic carbocycles. The normalized spacial score (nSPS) is 12.9. The highest BCUT2D eigenvalue weighted by atomic mass is 19.3. The van der Waals surface area contributed by atoms with E-state index in [1.165, 1.54) is 61.1 Å². The lowest BCUT2D eigenvalue weighted by atomic mass is 9.91. The molecule has 0 aliphatic rings. The van der Waals surface area contributed by atoms with E-state index in [0.29, 0.717) is 11.1 Å². The summed E-state index contributed by atoms with van der Waals surface area (Å²) < 4.78 is 27.6. The minimum Gasteiger partial charge on any atom is -0.478 e. The number of urea groups is 1. The van der Waals surface area contributed by atoms with Crippen LogP contribution in [0.15, 0.2) is 48.5 Å². The maximum absolute atomic E-state index is 13.8. The standard InChI is InChI=1S/C23H22F2N4O6/c1-23(21(24)25,28-22(34)26-2)17(19(31)29-35)27-18(30)15-9-5-13(6-10-15)3-4-14-7-11-16(12-8-14)20(32)33/h5-12,17,21,35H,1-2H3,(H,27,30)(H,29,31)(H,32,33)(H2,26,28,34)/t17-,23?/m1/s1. The molecule has 6 N–H and O–H groups in total. The molecule has 1 unspecified atom stereocenters. The van der Waals surface area contributed by atoms with Gasteiger partial charge in [-0.15, -0.1) is 0 Å². The van der Waals surface area contributed by atoms with Crippen LogP contribution in [-0.4, -0.2) is 59.2 Å². The van der Waals surface area contributed by atoms with Crippen LogP contribution in [0.5, 0.6) is 0 Å². The van der Waals surface area contributed by atoms with E-state index in [4.69, 9.17) is 10.3 Å². The molecule has 0 aliphatic heterocycles. The first kappa shape index (κ1) is 26.7. The molecular formula is C23H22F2N4O6. The van der Waals surface area contributed by atoms with E-state index >= 15 is 0 Å². The molecule has 2 atom stereocenters. The van der Waals surface area contributed by atoms with Crippen molar-refractivity contribution in [3.8, 4) is 11.8 Å². The van der Waals surface area contributed by atoms with E-state index in [-0.39, 0.29) is 11.1 Å². The number of amides is 4. The third kappa shape index (κ3) is 6.75. The van der Waals surface area contributed by atoms with E-state index in [9.17, 15) is 28.0 Å². The van der Waals surface area contributed by atoms with E-state index in [1.54, 1.807) is 0 Å². The lowest BCUT2D eigenvalue weighted by Gasteiger charge is -2.36. The molecule has 35 heavy (non-hydrogen) atoms. The largest absolute Gasteiger partial charge is 0.478 e. The summed E-state index contributed by atoms with van der Waals surface area (Å²) in [7, 11) is 1.18. The first-order valence-corrected chi connectivity index (χ1v) is 10.00. The van der Waals surface area contributed by atoms with E-state index < -0.39 is 41.8 Å². The molecule has 2 aromatic rings. The van der Waals surface area contributed by atoms with E-state index in [1.807, 2.05) is 5.32 Å². The van der Waals surface area contributed by atoms with Crippen LogP contribution in [0.1, 0.15) is 38.8 Å². The quantitative estimate of drug-likeness (QED) is 0.196. The second kappa shape index (κ2) is 11.6. The fraction of sp³-hybridized carbons (Fsp3) is 0.217. The van der Waals surface area contributed by atoms with Gasteiger partial charge in [0.05, 0.1) is 5.56 Å². The van der Waals surface area contributed by atoms with Crippen LogP contribution < -0.4 is 21.4 Å². The minimum absolute atomic E-state index is 0.00587. The van der Waals surface area contributed by atoms with Crippen molar-refractivity contribution in [2.75, 3.05) is 7.05 Å². The number of halogens is 2. The lowest BCUT2D eigenvalue weighted by Crippen LogP contribution is -2.69. The van der Waals surface area contributed by atoms with Crippen LogP contribution in [0, 0.1) is 11.8 Å². The smallest absolute Gasteiger partial charge is 0.335 e. The molecule has 0 fully saturated rings. The Hall–Kier alpha value is -4.50. The minimum atomic E-state index is -3.30. The Morgan fingerprint density at radius 1 is 0.914 bits per heavy atom. The number of benzene rings is 2. The number of carbonyl (C=O) groups is 4. The first-order valence-electron chi connectivity index (χ1n) is 10.00. The number of alkyl halides is 2. The van der Waals surface area contributed by atoms with Crippen molar-refractivity contribution in [1.29, 1.82) is 0 Å². The Bertz CT molecular complexity index is 1160. The van der Waals surface area contributed by atoms with Crippen molar-refractivity contribution in [2.45, 2.75) is 24.9 Å². The SMILES string of the molecule is CNC(=O)NC(C)(C(F)F)[C@H](NC(=O)c1ccc(C#Cc2ccc(C(=O)O)cc2)cc1)C(=O)NO. The van der Waals surface area contributed by atoms with Crippen molar-refractivity contribution in [3.05, 3.63) is 70.8 Å². The van der Waals surface area contributed by atoms with Gasteiger partial charge in [-0.05, 0) is 55.5 Å². The van der Waals surface area contributed by atoms with Crippen LogP contribution in [0.2, 0.25) is 0 Å². The fourth-order valence-corrected chi connectivity index (χ4v) is 2.87. The number of carboxylic acids is 1. The highest BCUT2D eigenvalue weighted by Gasteiger charge is 2.48. The summed E-state index contributed by atoms with van der Waals surface area (Å²) in [5.41, 5.74) is -0.185. The topological polar surface area (TPSA) is 157 Å². The van der Waals surface area contributed by atoms with Crippen molar-refractivity contribution >= 4 is 23.8 Å². The highest BCUT2D eigenvalue weighted by Crippen LogP contribution is 2.21. The van der Waals surface area contributed by atoms with Gasteiger partial charge in [0.1, 0.15) is 11.6 Å². The zero-order valence-electron chi connectivity index (χ0n) is 18.6. The second-order valence-electron chi connectivity index (χ2n) is 7.38. The van der Waals surface area contributed by atoms with E-state index in [2.05, 4.69) is 22.5 Å². The molecule has 4 amide bonds. The number of carbonyl (C=O) groups excluding carboxylic acids is 3. The Kier molecular flexibility index (Phi) is 8.85. The van der Waals surface area contributed by atoms with Gasteiger partial charge in [-0.25, -0.2) is 23.9 Å². The van der Waals surface area contributed by atoms with Crippen molar-refractivity contribution in [2.24, 2.45) is 0 Å². The molecular weight excluding hydrogens is 466 g/mol. The van der Waals surface area contributed by atoms with Crippen LogP contribution in [0.3, 0.4) is 0 Å². The summed E-state index contributed by atoms with van der Waals surface area (Å²) in [5, 5.41) is 24.0. The fourth-order valence-electron chi connectivity index (χ4n) is 2.87. The molecule has 2 rings (SSSR count). The summed E-state index contributed by atoms with van der Waals surface area (Å²) in [4.78, 5) is 47.3. The number of hydrogen-bond donors (Lipinski definition) is 6. The van der Waals surface area contributed by atoms with Gasteiger partial charge in [0.2, 0.25) is 0 Å².